The average molecular weight is 433 g/mol. The molecule has 0 bridgehead atoms. The smallest absolute Gasteiger partial charge is 0.227 e. The predicted molar refractivity (Wildman–Crippen MR) is 135 cm³/mol. The van der Waals surface area contributed by atoms with Gasteiger partial charge in [-0.05, 0) is 92.3 Å². The van der Waals surface area contributed by atoms with Gasteiger partial charge in [-0.15, -0.1) is 0 Å². The lowest BCUT2D eigenvalue weighted by Gasteiger charge is -2.14. The summed E-state index contributed by atoms with van der Waals surface area (Å²) in [5.74, 6) is 1.31. The second-order valence-electron chi connectivity index (χ2n) is 10.2. The number of hydrogen-bond donors (Lipinski definition) is 0. The fourth-order valence-corrected chi connectivity index (χ4v) is 5.78. The number of furan rings is 1. The van der Waals surface area contributed by atoms with Gasteiger partial charge >= 0.3 is 0 Å². The first kappa shape index (κ1) is 19.3. The molecule has 0 spiro atoms. The Balaban J connectivity index is 1.51. The van der Waals surface area contributed by atoms with Gasteiger partial charge in [0.25, 0.3) is 0 Å². The zero-order valence-electron chi connectivity index (χ0n) is 19.3. The lowest BCUT2D eigenvalue weighted by atomic mass is 9.93. The molecule has 2 aromatic carbocycles. The van der Waals surface area contributed by atoms with E-state index in [0.29, 0.717) is 17.5 Å². The molecule has 3 aromatic heterocycles. The van der Waals surface area contributed by atoms with Crippen molar-refractivity contribution in [3.05, 3.63) is 71.0 Å². The molecule has 3 heteroatoms. The van der Waals surface area contributed by atoms with Gasteiger partial charge in [0.15, 0.2) is 0 Å². The fraction of sp³-hybridized carbons (Fsp3) is 0.333. The molecule has 2 saturated carbocycles. The van der Waals surface area contributed by atoms with Crippen molar-refractivity contribution in [2.45, 2.75) is 64.2 Å². The first-order chi connectivity index (χ1) is 16.1. The summed E-state index contributed by atoms with van der Waals surface area (Å²) in [7, 11) is 0. The average Bonchev–Trinajstić information content (AvgIpc) is 3.40. The second-order valence-corrected chi connectivity index (χ2v) is 10.2. The third kappa shape index (κ3) is 3.17. The van der Waals surface area contributed by atoms with Crippen molar-refractivity contribution in [1.82, 2.24) is 9.97 Å². The van der Waals surface area contributed by atoms with Crippen molar-refractivity contribution in [3.63, 3.8) is 0 Å². The summed E-state index contributed by atoms with van der Waals surface area (Å²) in [5, 5.41) is 4.75. The van der Waals surface area contributed by atoms with E-state index in [0.717, 1.165) is 33.3 Å². The van der Waals surface area contributed by atoms with Crippen LogP contribution in [0.3, 0.4) is 0 Å². The Morgan fingerprint density at radius 2 is 1.58 bits per heavy atom. The summed E-state index contributed by atoms with van der Waals surface area (Å²) >= 11 is 0. The molecule has 0 atom stereocenters. The Labute approximate surface area is 193 Å². The first-order valence-corrected chi connectivity index (χ1v) is 12.4. The highest BCUT2D eigenvalue weighted by molar-refractivity contribution is 6.11. The van der Waals surface area contributed by atoms with Gasteiger partial charge in [-0.1, -0.05) is 31.0 Å². The van der Waals surface area contributed by atoms with E-state index in [1.807, 2.05) is 6.92 Å². The van der Waals surface area contributed by atoms with E-state index in [1.54, 1.807) is 0 Å². The van der Waals surface area contributed by atoms with Crippen molar-refractivity contribution in [3.8, 4) is 11.3 Å². The third-order valence-electron chi connectivity index (χ3n) is 7.67. The van der Waals surface area contributed by atoms with E-state index in [4.69, 9.17) is 9.40 Å². The minimum Gasteiger partial charge on any atom is -0.437 e. The topological polar surface area (TPSA) is 38.9 Å². The van der Waals surface area contributed by atoms with Crippen molar-refractivity contribution < 1.29 is 4.42 Å². The summed E-state index contributed by atoms with van der Waals surface area (Å²) in [6.07, 6.45) is 7.86. The SMILES string of the molecule is Cc1cc(-c2nc(C3CC3)cc3cc(C4CCCC4)ccc23)c2oc3nc(C)ccc3c2c1. The van der Waals surface area contributed by atoms with Crippen molar-refractivity contribution >= 4 is 32.8 Å². The maximum Gasteiger partial charge on any atom is 0.227 e. The fourth-order valence-electron chi connectivity index (χ4n) is 5.78. The minimum absolute atomic E-state index is 0.601. The maximum absolute atomic E-state index is 6.39. The Morgan fingerprint density at radius 3 is 2.39 bits per heavy atom. The Kier molecular flexibility index (Phi) is 4.18. The normalized spacial score (nSPS) is 17.0. The quantitative estimate of drug-likeness (QED) is 0.287. The Morgan fingerprint density at radius 1 is 0.758 bits per heavy atom. The van der Waals surface area contributed by atoms with E-state index < -0.39 is 0 Å². The van der Waals surface area contributed by atoms with Crippen LogP contribution in [-0.2, 0) is 0 Å². The van der Waals surface area contributed by atoms with Gasteiger partial charge in [0.1, 0.15) is 5.58 Å². The molecule has 33 heavy (non-hydrogen) atoms. The van der Waals surface area contributed by atoms with Crippen LogP contribution in [0.2, 0.25) is 0 Å². The number of pyridine rings is 2. The van der Waals surface area contributed by atoms with Crippen LogP contribution in [0, 0.1) is 13.8 Å². The van der Waals surface area contributed by atoms with Crippen LogP contribution in [0.5, 0.6) is 0 Å². The molecule has 164 valence electrons. The molecule has 0 unspecified atom stereocenters. The summed E-state index contributed by atoms with van der Waals surface area (Å²) in [6.45, 7) is 4.17. The number of nitrogens with zero attached hydrogens (tertiary/aromatic N) is 2. The van der Waals surface area contributed by atoms with Gasteiger partial charge in [-0.25, -0.2) is 4.98 Å². The van der Waals surface area contributed by atoms with Crippen LogP contribution >= 0.6 is 0 Å². The van der Waals surface area contributed by atoms with Crippen molar-refractivity contribution in [1.29, 1.82) is 0 Å². The maximum atomic E-state index is 6.39. The van der Waals surface area contributed by atoms with Gasteiger partial charge in [0, 0.05) is 39.0 Å². The zero-order chi connectivity index (χ0) is 22.1. The molecular formula is C30H28N2O. The Bertz CT molecular complexity index is 1550. The number of aromatic nitrogens is 2. The van der Waals surface area contributed by atoms with Crippen LogP contribution in [0.25, 0.3) is 44.1 Å². The Hall–Kier alpha value is -3.20. The molecule has 2 aliphatic carbocycles. The van der Waals surface area contributed by atoms with Gasteiger partial charge < -0.3 is 4.42 Å². The van der Waals surface area contributed by atoms with E-state index in [2.05, 4.69) is 60.4 Å². The highest BCUT2D eigenvalue weighted by Gasteiger charge is 2.27. The van der Waals surface area contributed by atoms with E-state index in [1.165, 1.54) is 66.1 Å². The summed E-state index contributed by atoms with van der Waals surface area (Å²) in [6, 6.07) is 18.1. The molecule has 0 aliphatic heterocycles. The van der Waals surface area contributed by atoms with Gasteiger partial charge in [-0.3, -0.25) is 4.98 Å². The molecule has 3 heterocycles. The molecule has 0 N–H and O–H groups in total. The lowest BCUT2D eigenvalue weighted by molar-refractivity contribution is 0.653. The van der Waals surface area contributed by atoms with Gasteiger partial charge in [0.2, 0.25) is 5.71 Å². The third-order valence-corrected chi connectivity index (χ3v) is 7.67. The predicted octanol–water partition coefficient (Wildman–Crippen LogP) is 8.35. The lowest BCUT2D eigenvalue weighted by Crippen LogP contribution is -1.96. The van der Waals surface area contributed by atoms with Crippen molar-refractivity contribution in [2.24, 2.45) is 0 Å². The largest absolute Gasteiger partial charge is 0.437 e. The monoisotopic (exact) mass is 432 g/mol. The summed E-state index contributed by atoms with van der Waals surface area (Å²) in [4.78, 5) is 9.92. The van der Waals surface area contributed by atoms with Crippen LogP contribution < -0.4 is 0 Å². The van der Waals surface area contributed by atoms with E-state index in [9.17, 15) is 0 Å². The standard InChI is InChI=1S/C30H28N2O/c1-17-13-25-24-11-7-18(2)31-30(24)33-29(25)26(14-17)28-23-12-10-21(19-5-3-4-6-19)15-22(23)16-27(32-28)20-8-9-20/h7,10-16,19-20H,3-6,8-9H2,1-2H3. The molecule has 5 aromatic rings. The molecule has 2 aliphatic rings. The summed E-state index contributed by atoms with van der Waals surface area (Å²) < 4.78 is 6.39. The number of hydrogen-bond acceptors (Lipinski definition) is 3. The highest BCUT2D eigenvalue weighted by Crippen LogP contribution is 2.44. The second kappa shape index (κ2) is 7.15. The highest BCUT2D eigenvalue weighted by atomic mass is 16.3. The molecule has 0 saturated heterocycles. The number of aryl methyl sites for hydroxylation is 2. The van der Waals surface area contributed by atoms with Crippen LogP contribution in [0.4, 0.5) is 0 Å². The summed E-state index contributed by atoms with van der Waals surface area (Å²) in [5.41, 5.74) is 8.67. The molecule has 3 nitrogen and oxygen atoms in total. The van der Waals surface area contributed by atoms with E-state index >= 15 is 0 Å². The number of fused-ring (bicyclic) bond motifs is 4. The molecule has 7 rings (SSSR count). The molecule has 0 radical (unpaired) electrons. The molecular weight excluding hydrogens is 404 g/mol. The minimum atomic E-state index is 0.601. The molecule has 2 fully saturated rings. The van der Waals surface area contributed by atoms with Crippen LogP contribution in [-0.4, -0.2) is 9.97 Å². The first-order valence-electron chi connectivity index (χ1n) is 12.4. The van der Waals surface area contributed by atoms with E-state index in [-0.39, 0.29) is 0 Å². The molecule has 0 amide bonds. The zero-order valence-corrected chi connectivity index (χ0v) is 19.3. The van der Waals surface area contributed by atoms with Crippen molar-refractivity contribution in [2.75, 3.05) is 0 Å². The number of benzene rings is 2. The van der Waals surface area contributed by atoms with Gasteiger partial charge in [0.05, 0.1) is 5.69 Å². The number of rotatable bonds is 3. The van der Waals surface area contributed by atoms with Crippen LogP contribution in [0.15, 0.2) is 52.9 Å². The van der Waals surface area contributed by atoms with Crippen LogP contribution in [0.1, 0.15) is 72.9 Å². The van der Waals surface area contributed by atoms with Gasteiger partial charge in [-0.2, -0.15) is 0 Å².